The second kappa shape index (κ2) is 16.2. The molecule has 0 N–H and O–H groups in total. The molecular formula is C44H34N4O3S3. The third kappa shape index (κ3) is 7.83. The number of benzene rings is 4. The van der Waals surface area contributed by atoms with Crippen LogP contribution in [0, 0.1) is 0 Å². The highest BCUT2D eigenvalue weighted by atomic mass is 32.2. The van der Waals surface area contributed by atoms with Crippen LogP contribution in [-0.4, -0.2) is 38.7 Å². The molecule has 4 aromatic heterocycles. The Labute approximate surface area is 325 Å². The van der Waals surface area contributed by atoms with Gasteiger partial charge in [-0.05, 0) is 95.1 Å². The molecule has 0 atom stereocenters. The summed E-state index contributed by atoms with van der Waals surface area (Å²) >= 11 is 2.22. The van der Waals surface area contributed by atoms with Crippen molar-refractivity contribution in [2.24, 2.45) is 0 Å². The molecule has 0 unspecified atom stereocenters. The Balaban J connectivity index is 0.965. The molecule has 10 heteroatoms. The van der Waals surface area contributed by atoms with Crippen molar-refractivity contribution in [2.75, 3.05) is 14.2 Å². The molecule has 0 radical (unpaired) electrons. The SMILES string of the molecule is COc1ccc(-c2nc(-c3ccc(C[S+]([O-])Cc4ccc(-c5nc(-c6ccc(OC)cc6)c(-c6ccncc6)s5)cc4)cc3)sc2-c2ccncc2)cc1. The highest BCUT2D eigenvalue weighted by Gasteiger charge is 2.19. The predicted molar refractivity (Wildman–Crippen MR) is 221 cm³/mol. The van der Waals surface area contributed by atoms with Crippen LogP contribution < -0.4 is 9.47 Å². The molecule has 0 aliphatic rings. The molecule has 0 bridgehead atoms. The molecule has 8 rings (SSSR count). The van der Waals surface area contributed by atoms with Gasteiger partial charge in [-0.2, -0.15) is 0 Å². The van der Waals surface area contributed by atoms with Crippen LogP contribution in [0.3, 0.4) is 0 Å². The van der Waals surface area contributed by atoms with Gasteiger partial charge < -0.3 is 14.0 Å². The Hall–Kier alpha value is -5.65. The second-order valence-electron chi connectivity index (χ2n) is 12.4. The van der Waals surface area contributed by atoms with Gasteiger partial charge in [-0.15, -0.1) is 22.7 Å². The number of hydrogen-bond acceptors (Lipinski definition) is 9. The Morgan fingerprint density at radius 2 is 0.815 bits per heavy atom. The fourth-order valence-corrected chi connectivity index (χ4v) is 9.51. The summed E-state index contributed by atoms with van der Waals surface area (Å²) < 4.78 is 24.1. The smallest absolute Gasteiger partial charge is 0.131 e. The quantitative estimate of drug-likeness (QED) is 0.114. The van der Waals surface area contributed by atoms with Gasteiger partial charge >= 0.3 is 0 Å². The standard InChI is InChI=1S/C44H34N4O3S3/c1-50-37-15-11-31(12-16-37)39-41(33-19-23-45-24-20-33)52-43(47-39)35-7-3-29(4-8-35)27-54(49)28-30-5-9-36(10-6-30)44-48-40(32-13-17-38(51-2)18-14-32)42(53-44)34-21-25-46-26-22-34/h3-26H,27-28H2,1-2H3. The van der Waals surface area contributed by atoms with E-state index in [2.05, 4.69) is 58.5 Å². The van der Waals surface area contributed by atoms with Crippen LogP contribution in [0.15, 0.2) is 146 Å². The highest BCUT2D eigenvalue weighted by Crippen LogP contribution is 2.42. The van der Waals surface area contributed by atoms with Crippen molar-refractivity contribution in [3.63, 3.8) is 0 Å². The van der Waals surface area contributed by atoms with Gasteiger partial charge in [0, 0.05) is 58.2 Å². The summed E-state index contributed by atoms with van der Waals surface area (Å²) in [5.41, 5.74) is 10.1. The average molecular weight is 763 g/mol. The predicted octanol–water partition coefficient (Wildman–Crippen LogP) is 10.9. The van der Waals surface area contributed by atoms with Crippen LogP contribution in [-0.2, 0) is 22.7 Å². The second-order valence-corrected chi connectivity index (χ2v) is 15.9. The molecule has 54 heavy (non-hydrogen) atoms. The summed E-state index contributed by atoms with van der Waals surface area (Å²) in [7, 11) is 3.33. The minimum atomic E-state index is -1.09. The maximum absolute atomic E-state index is 13.4. The van der Waals surface area contributed by atoms with E-state index in [4.69, 9.17) is 19.4 Å². The first-order chi connectivity index (χ1) is 26.5. The molecule has 0 spiro atoms. The molecular weight excluding hydrogens is 729 g/mol. The lowest BCUT2D eigenvalue weighted by Crippen LogP contribution is -2.07. The minimum Gasteiger partial charge on any atom is -0.616 e. The number of ether oxygens (including phenoxy) is 2. The van der Waals surface area contributed by atoms with Crippen LogP contribution in [0.25, 0.3) is 64.5 Å². The lowest BCUT2D eigenvalue weighted by molar-refractivity contribution is 0.415. The van der Waals surface area contributed by atoms with Gasteiger partial charge in [-0.3, -0.25) is 9.97 Å². The third-order valence-electron chi connectivity index (χ3n) is 8.92. The number of hydrogen-bond donors (Lipinski definition) is 0. The van der Waals surface area contributed by atoms with Gasteiger partial charge in [0.05, 0.1) is 35.4 Å². The van der Waals surface area contributed by atoms with Crippen LogP contribution >= 0.6 is 22.7 Å². The van der Waals surface area contributed by atoms with Crippen molar-refractivity contribution < 1.29 is 14.0 Å². The summed E-state index contributed by atoms with van der Waals surface area (Å²) in [6, 6.07) is 40.5. The van der Waals surface area contributed by atoms with E-state index in [-0.39, 0.29) is 0 Å². The van der Waals surface area contributed by atoms with E-state index < -0.39 is 11.2 Å². The van der Waals surface area contributed by atoms with Gasteiger partial charge in [0.15, 0.2) is 0 Å². The summed E-state index contributed by atoms with van der Waals surface area (Å²) in [4.78, 5) is 20.7. The zero-order valence-corrected chi connectivity index (χ0v) is 32.0. The van der Waals surface area contributed by atoms with Crippen molar-refractivity contribution >= 4 is 33.8 Å². The van der Waals surface area contributed by atoms with Crippen LogP contribution in [0.5, 0.6) is 11.5 Å². The molecule has 0 saturated heterocycles. The fourth-order valence-electron chi connectivity index (χ4n) is 6.08. The van der Waals surface area contributed by atoms with Gasteiger partial charge in [0.1, 0.15) is 33.0 Å². The number of methoxy groups -OCH3 is 2. The van der Waals surface area contributed by atoms with Gasteiger partial charge in [-0.25, -0.2) is 9.97 Å². The number of nitrogens with zero attached hydrogens (tertiary/aromatic N) is 4. The summed E-state index contributed by atoms with van der Waals surface area (Å²) in [5.74, 6) is 2.53. The van der Waals surface area contributed by atoms with E-state index in [1.54, 1.807) is 61.7 Å². The zero-order chi connectivity index (χ0) is 36.9. The fraction of sp³-hybridized carbons (Fsp3) is 0.0909. The Kier molecular flexibility index (Phi) is 10.6. The Bertz CT molecular complexity index is 2280. The van der Waals surface area contributed by atoms with Crippen LogP contribution in [0.2, 0.25) is 0 Å². The minimum absolute atomic E-state index is 0.465. The zero-order valence-electron chi connectivity index (χ0n) is 29.5. The lowest BCUT2D eigenvalue weighted by Gasteiger charge is -2.12. The van der Waals surface area contributed by atoms with E-state index in [1.807, 2.05) is 72.8 Å². The van der Waals surface area contributed by atoms with Gasteiger partial charge in [-0.1, -0.05) is 48.5 Å². The van der Waals surface area contributed by atoms with Crippen molar-refractivity contribution in [3.8, 4) is 76.0 Å². The van der Waals surface area contributed by atoms with Crippen molar-refractivity contribution in [3.05, 3.63) is 157 Å². The first-order valence-corrected chi connectivity index (χ1v) is 20.3. The van der Waals surface area contributed by atoms with Gasteiger partial charge in [0.25, 0.3) is 0 Å². The van der Waals surface area contributed by atoms with Crippen LogP contribution in [0.1, 0.15) is 11.1 Å². The largest absolute Gasteiger partial charge is 0.616 e. The summed E-state index contributed by atoms with van der Waals surface area (Å²) in [5, 5.41) is 1.84. The first-order valence-electron chi connectivity index (χ1n) is 17.2. The molecule has 4 heterocycles. The molecule has 4 aromatic carbocycles. The molecule has 0 saturated carbocycles. The molecule has 0 aliphatic carbocycles. The maximum atomic E-state index is 13.4. The van der Waals surface area contributed by atoms with Crippen molar-refractivity contribution in [2.45, 2.75) is 11.5 Å². The van der Waals surface area contributed by atoms with Crippen LogP contribution in [0.4, 0.5) is 0 Å². The summed E-state index contributed by atoms with van der Waals surface area (Å²) in [6.07, 6.45) is 7.21. The number of rotatable bonds is 12. The summed E-state index contributed by atoms with van der Waals surface area (Å²) in [6.45, 7) is 0. The number of aromatic nitrogens is 4. The average Bonchev–Trinajstić information content (AvgIpc) is 3.89. The molecule has 0 aliphatic heterocycles. The molecule has 8 aromatic rings. The Morgan fingerprint density at radius 3 is 1.17 bits per heavy atom. The van der Waals surface area contributed by atoms with Gasteiger partial charge in [0.2, 0.25) is 0 Å². The van der Waals surface area contributed by atoms with E-state index in [0.717, 1.165) is 87.2 Å². The third-order valence-corrected chi connectivity index (χ3v) is 12.5. The maximum Gasteiger partial charge on any atom is 0.131 e. The topological polar surface area (TPSA) is 93.1 Å². The van der Waals surface area contributed by atoms with E-state index in [1.165, 1.54) is 0 Å². The molecule has 7 nitrogen and oxygen atoms in total. The first kappa shape index (κ1) is 35.4. The van der Waals surface area contributed by atoms with E-state index >= 15 is 0 Å². The number of thiazole rings is 2. The van der Waals surface area contributed by atoms with Crippen molar-refractivity contribution in [1.29, 1.82) is 0 Å². The molecule has 0 fully saturated rings. The molecule has 0 amide bonds. The Morgan fingerprint density at radius 1 is 0.463 bits per heavy atom. The highest BCUT2D eigenvalue weighted by molar-refractivity contribution is 7.89. The lowest BCUT2D eigenvalue weighted by atomic mass is 10.1. The monoisotopic (exact) mass is 762 g/mol. The molecule has 266 valence electrons. The normalized spacial score (nSPS) is 11.2. The van der Waals surface area contributed by atoms with E-state index in [9.17, 15) is 4.55 Å². The van der Waals surface area contributed by atoms with E-state index in [0.29, 0.717) is 11.5 Å². The number of pyridine rings is 2. The van der Waals surface area contributed by atoms with Crippen molar-refractivity contribution in [1.82, 2.24) is 19.9 Å².